The van der Waals surface area contributed by atoms with Gasteiger partial charge in [0.15, 0.2) is 0 Å². The summed E-state index contributed by atoms with van der Waals surface area (Å²) in [4.78, 5) is 21.9. The number of carbonyl (C=O) groups excluding carboxylic acids is 1. The van der Waals surface area contributed by atoms with Crippen molar-refractivity contribution in [1.29, 1.82) is 0 Å². The van der Waals surface area contributed by atoms with Gasteiger partial charge >= 0.3 is 0 Å². The minimum Gasteiger partial charge on any atom is -0.439 e. The number of fused-ring (bicyclic) bond motifs is 2. The van der Waals surface area contributed by atoms with Gasteiger partial charge in [-0.05, 0) is 81.0 Å². The van der Waals surface area contributed by atoms with E-state index in [1.54, 1.807) is 30.5 Å². The molecule has 4 atom stereocenters. The zero-order valence-electron chi connectivity index (χ0n) is 21.5. The molecular formula is C28H37ClN4O4. The number of nitrogens with zero attached hydrogens (tertiary/aromatic N) is 3. The number of likely N-dealkylation sites (N-methyl/N-ethyl adjacent to an activating group) is 1. The van der Waals surface area contributed by atoms with E-state index in [1.165, 1.54) is 19.3 Å². The topological polar surface area (TPSA) is 76.2 Å². The van der Waals surface area contributed by atoms with Crippen LogP contribution < -0.4 is 10.1 Å². The minimum absolute atomic E-state index is 0.0907. The maximum atomic E-state index is 13.4. The van der Waals surface area contributed by atoms with Crippen LogP contribution in [-0.4, -0.2) is 79.4 Å². The number of amides is 1. The van der Waals surface area contributed by atoms with E-state index in [4.69, 9.17) is 25.8 Å². The fourth-order valence-electron chi connectivity index (χ4n) is 5.64. The zero-order chi connectivity index (χ0) is 25.6. The van der Waals surface area contributed by atoms with Crippen LogP contribution in [0.5, 0.6) is 11.6 Å². The Balaban J connectivity index is 1.15. The summed E-state index contributed by atoms with van der Waals surface area (Å²) in [5.74, 6) is 2.69. The summed E-state index contributed by atoms with van der Waals surface area (Å²) in [6, 6.07) is 10.5. The molecule has 2 aliphatic carbocycles. The van der Waals surface area contributed by atoms with Gasteiger partial charge in [0.2, 0.25) is 11.8 Å². The van der Waals surface area contributed by atoms with Crippen molar-refractivity contribution in [2.45, 2.75) is 44.4 Å². The van der Waals surface area contributed by atoms with E-state index in [1.807, 2.05) is 17.0 Å². The number of piperazine rings is 1. The maximum Gasteiger partial charge on any atom is 0.242 e. The number of ether oxygens (including phenoxy) is 3. The van der Waals surface area contributed by atoms with Crippen molar-refractivity contribution in [2.75, 3.05) is 46.6 Å². The Labute approximate surface area is 224 Å². The van der Waals surface area contributed by atoms with Crippen molar-refractivity contribution in [2.24, 2.45) is 11.8 Å². The van der Waals surface area contributed by atoms with Crippen LogP contribution in [0.25, 0.3) is 0 Å². The van der Waals surface area contributed by atoms with Gasteiger partial charge in [-0.1, -0.05) is 11.6 Å². The number of carbonyl (C=O) groups is 1. The predicted molar refractivity (Wildman–Crippen MR) is 142 cm³/mol. The normalized spacial score (nSPS) is 24.4. The third-order valence-electron chi connectivity index (χ3n) is 7.83. The molecule has 37 heavy (non-hydrogen) atoms. The van der Waals surface area contributed by atoms with Crippen molar-refractivity contribution >= 4 is 17.5 Å². The second-order valence-corrected chi connectivity index (χ2v) is 10.9. The monoisotopic (exact) mass is 528 g/mol. The summed E-state index contributed by atoms with van der Waals surface area (Å²) in [5, 5.41) is 3.96. The highest BCUT2D eigenvalue weighted by Gasteiger charge is 2.40. The Morgan fingerprint density at radius 1 is 1.14 bits per heavy atom. The van der Waals surface area contributed by atoms with Crippen LogP contribution in [0.1, 0.15) is 31.2 Å². The summed E-state index contributed by atoms with van der Waals surface area (Å²) in [7, 11) is 2.09. The van der Waals surface area contributed by atoms with E-state index in [2.05, 4.69) is 22.2 Å². The van der Waals surface area contributed by atoms with E-state index < -0.39 is 6.04 Å². The van der Waals surface area contributed by atoms with E-state index in [0.717, 1.165) is 44.1 Å². The van der Waals surface area contributed by atoms with Crippen LogP contribution in [0.15, 0.2) is 42.6 Å². The molecule has 1 N–H and O–H groups in total. The molecule has 0 radical (unpaired) electrons. The first kappa shape index (κ1) is 26.4. The molecule has 1 amide bonds. The van der Waals surface area contributed by atoms with Crippen LogP contribution in [-0.2, 0) is 20.9 Å². The molecule has 9 heteroatoms. The fraction of sp³-hybridized carbons (Fsp3) is 0.571. The van der Waals surface area contributed by atoms with Gasteiger partial charge in [0.25, 0.3) is 0 Å². The van der Waals surface area contributed by atoms with Crippen molar-refractivity contribution in [3.05, 3.63) is 53.2 Å². The first-order valence-electron chi connectivity index (χ1n) is 13.3. The van der Waals surface area contributed by atoms with Gasteiger partial charge in [-0.2, -0.15) is 0 Å². The first-order valence-corrected chi connectivity index (χ1v) is 13.7. The molecule has 1 saturated heterocycles. The predicted octanol–water partition coefficient (Wildman–Crippen LogP) is 3.94. The van der Waals surface area contributed by atoms with Gasteiger partial charge in [-0.15, -0.1) is 0 Å². The molecule has 3 aliphatic rings. The molecule has 2 aromatic rings. The fourth-order valence-corrected chi connectivity index (χ4v) is 5.76. The number of benzene rings is 1. The Bertz CT molecular complexity index is 1030. The van der Waals surface area contributed by atoms with E-state index >= 15 is 0 Å². The number of nitrogens with one attached hydrogen (secondary N) is 1. The molecule has 2 bridgehead atoms. The standard InChI is InChI=1S/C28H37ClN4O4/c1-32-11-13-33(14-12-32)28(34)25(18-36-26-16-20-4-5-21(26)15-20)31-19-35-17-22-3-2-10-30-27(22)37-24-8-6-23(29)7-9-24/h2-3,6-10,20-21,25-26,31H,4-5,11-19H2,1H3/t20?,21?,25-,26?/m1/s1. The number of halogens is 1. The SMILES string of the molecule is CN1CCN(C(=O)[C@@H](COC2CC3CCC2C3)NCOCc2cccnc2Oc2ccc(Cl)cc2)CC1. The number of hydrogen-bond acceptors (Lipinski definition) is 7. The van der Waals surface area contributed by atoms with Crippen LogP contribution in [0.3, 0.4) is 0 Å². The van der Waals surface area contributed by atoms with Crippen molar-refractivity contribution in [1.82, 2.24) is 20.1 Å². The Morgan fingerprint density at radius 3 is 2.68 bits per heavy atom. The lowest BCUT2D eigenvalue weighted by Gasteiger charge is -2.35. The average Bonchev–Trinajstić information content (AvgIpc) is 3.54. The summed E-state index contributed by atoms with van der Waals surface area (Å²) < 4.78 is 18.2. The molecule has 1 aromatic carbocycles. The molecular weight excluding hydrogens is 492 g/mol. The van der Waals surface area contributed by atoms with Crippen LogP contribution in [0.2, 0.25) is 5.02 Å². The number of aromatic nitrogens is 1. The number of pyridine rings is 1. The van der Waals surface area contributed by atoms with Gasteiger partial charge in [-0.3, -0.25) is 10.1 Å². The van der Waals surface area contributed by atoms with E-state index in [9.17, 15) is 4.79 Å². The second-order valence-electron chi connectivity index (χ2n) is 10.4. The summed E-state index contributed by atoms with van der Waals surface area (Å²) in [6.45, 7) is 4.15. The van der Waals surface area contributed by atoms with Gasteiger partial charge in [0, 0.05) is 43.0 Å². The highest BCUT2D eigenvalue weighted by Crippen LogP contribution is 2.45. The van der Waals surface area contributed by atoms with Crippen molar-refractivity contribution in [3.8, 4) is 11.6 Å². The summed E-state index contributed by atoms with van der Waals surface area (Å²) in [5.41, 5.74) is 0.819. The molecule has 1 aromatic heterocycles. The maximum absolute atomic E-state index is 13.4. The third kappa shape index (κ3) is 7.00. The molecule has 2 heterocycles. The molecule has 2 saturated carbocycles. The number of hydrogen-bond donors (Lipinski definition) is 1. The van der Waals surface area contributed by atoms with Crippen LogP contribution >= 0.6 is 11.6 Å². The van der Waals surface area contributed by atoms with E-state index in [-0.39, 0.29) is 18.7 Å². The Hall–Kier alpha value is -2.23. The molecule has 8 nitrogen and oxygen atoms in total. The van der Waals surface area contributed by atoms with E-state index in [0.29, 0.717) is 35.8 Å². The van der Waals surface area contributed by atoms with Gasteiger partial charge < -0.3 is 24.0 Å². The quantitative estimate of drug-likeness (QED) is 0.350. The molecule has 5 rings (SSSR count). The van der Waals surface area contributed by atoms with Crippen molar-refractivity contribution < 1.29 is 19.0 Å². The minimum atomic E-state index is -0.429. The lowest BCUT2D eigenvalue weighted by Crippen LogP contribution is -2.55. The van der Waals surface area contributed by atoms with Crippen molar-refractivity contribution in [3.63, 3.8) is 0 Å². The molecule has 1 aliphatic heterocycles. The second kappa shape index (κ2) is 12.5. The molecule has 3 fully saturated rings. The highest BCUT2D eigenvalue weighted by molar-refractivity contribution is 6.30. The average molecular weight is 529 g/mol. The zero-order valence-corrected chi connectivity index (χ0v) is 22.2. The summed E-state index contributed by atoms with van der Waals surface area (Å²) >= 11 is 5.97. The Kier molecular flexibility index (Phi) is 8.94. The highest BCUT2D eigenvalue weighted by atomic mass is 35.5. The smallest absolute Gasteiger partial charge is 0.242 e. The third-order valence-corrected chi connectivity index (χ3v) is 8.08. The molecule has 200 valence electrons. The van der Waals surface area contributed by atoms with Crippen LogP contribution in [0, 0.1) is 11.8 Å². The number of rotatable bonds is 11. The first-order chi connectivity index (χ1) is 18.0. The van der Waals surface area contributed by atoms with Crippen LogP contribution in [0.4, 0.5) is 0 Å². The Morgan fingerprint density at radius 2 is 1.95 bits per heavy atom. The van der Waals surface area contributed by atoms with Gasteiger partial charge in [0.1, 0.15) is 11.8 Å². The summed E-state index contributed by atoms with van der Waals surface area (Å²) in [6.07, 6.45) is 6.97. The van der Waals surface area contributed by atoms with Gasteiger partial charge in [-0.25, -0.2) is 4.98 Å². The van der Waals surface area contributed by atoms with Gasteiger partial charge in [0.05, 0.1) is 26.0 Å². The lowest BCUT2D eigenvalue weighted by molar-refractivity contribution is -0.138. The molecule has 3 unspecified atom stereocenters. The largest absolute Gasteiger partial charge is 0.439 e. The molecule has 0 spiro atoms. The lowest BCUT2D eigenvalue weighted by atomic mass is 9.98.